The third-order valence-electron chi connectivity index (χ3n) is 4.46. The van der Waals surface area contributed by atoms with Crippen LogP contribution in [0.2, 0.25) is 10.0 Å². The first kappa shape index (κ1) is 19.6. The van der Waals surface area contributed by atoms with Crippen LogP contribution in [0.4, 0.5) is 4.39 Å². The Morgan fingerprint density at radius 1 is 1.14 bits per heavy atom. The zero-order valence-corrected chi connectivity index (χ0v) is 17.3. The van der Waals surface area contributed by atoms with Gasteiger partial charge in [-0.05, 0) is 54.3 Å². The summed E-state index contributed by atoms with van der Waals surface area (Å²) in [4.78, 5) is 16.5. The first-order valence-corrected chi connectivity index (χ1v) is 10.2. The van der Waals surface area contributed by atoms with Crippen LogP contribution in [0.15, 0.2) is 53.2 Å². The van der Waals surface area contributed by atoms with Crippen LogP contribution in [0.1, 0.15) is 16.1 Å². The lowest BCUT2D eigenvalue weighted by Gasteiger charge is -2.15. The zero-order valence-electron chi connectivity index (χ0n) is 15.0. The number of hydrogen-bond donors (Lipinski definition) is 1. The quantitative estimate of drug-likeness (QED) is 0.378. The summed E-state index contributed by atoms with van der Waals surface area (Å²) in [7, 11) is 0. The van der Waals surface area contributed by atoms with Crippen LogP contribution >= 0.6 is 34.5 Å². The fourth-order valence-corrected chi connectivity index (χ4v) is 4.10. The standard InChI is InChI=1S/C21H13Cl2FN2O2S/c1-11-2-4-14(22)9-17(11)26-19(12-3-5-16(24)15(23)8-12)18(21(27)28)25-20(26)13-6-7-29-10-13/h2-10H,1H3,(H,27,28). The summed E-state index contributed by atoms with van der Waals surface area (Å²) in [5.74, 6) is -1.34. The van der Waals surface area contributed by atoms with Crippen molar-refractivity contribution < 1.29 is 14.3 Å². The number of carboxylic acid groups (broad SMARTS) is 1. The monoisotopic (exact) mass is 446 g/mol. The number of hydrogen-bond acceptors (Lipinski definition) is 3. The molecule has 2 heterocycles. The number of rotatable bonds is 4. The summed E-state index contributed by atoms with van der Waals surface area (Å²) in [6.45, 7) is 1.89. The lowest BCUT2D eigenvalue weighted by atomic mass is 10.1. The van der Waals surface area contributed by atoms with Gasteiger partial charge in [0.25, 0.3) is 0 Å². The molecule has 8 heteroatoms. The van der Waals surface area contributed by atoms with Crippen LogP contribution in [0, 0.1) is 12.7 Å². The molecule has 0 saturated carbocycles. The molecule has 0 amide bonds. The Morgan fingerprint density at radius 2 is 1.93 bits per heavy atom. The number of halogens is 3. The van der Waals surface area contributed by atoms with Crippen molar-refractivity contribution >= 4 is 40.5 Å². The van der Waals surface area contributed by atoms with Gasteiger partial charge in [0, 0.05) is 21.5 Å². The van der Waals surface area contributed by atoms with E-state index < -0.39 is 11.8 Å². The van der Waals surface area contributed by atoms with Crippen LogP contribution in [0.3, 0.4) is 0 Å². The summed E-state index contributed by atoms with van der Waals surface area (Å²) >= 11 is 13.7. The van der Waals surface area contributed by atoms with Crippen LogP contribution < -0.4 is 0 Å². The summed E-state index contributed by atoms with van der Waals surface area (Å²) in [6.07, 6.45) is 0. The molecule has 0 atom stereocenters. The summed E-state index contributed by atoms with van der Waals surface area (Å²) in [5, 5.41) is 14.0. The Hall–Kier alpha value is -2.67. The predicted molar refractivity (Wildman–Crippen MR) is 114 cm³/mol. The van der Waals surface area contributed by atoms with Crippen molar-refractivity contribution in [2.24, 2.45) is 0 Å². The molecule has 0 spiro atoms. The van der Waals surface area contributed by atoms with E-state index in [9.17, 15) is 14.3 Å². The molecule has 0 aliphatic rings. The average molecular weight is 447 g/mol. The van der Waals surface area contributed by atoms with E-state index in [0.29, 0.717) is 27.8 Å². The van der Waals surface area contributed by atoms with E-state index in [0.717, 1.165) is 11.1 Å². The molecule has 4 rings (SSSR count). The minimum absolute atomic E-state index is 0.105. The number of thiophene rings is 1. The van der Waals surface area contributed by atoms with E-state index in [2.05, 4.69) is 4.98 Å². The van der Waals surface area contributed by atoms with Crippen molar-refractivity contribution in [1.82, 2.24) is 9.55 Å². The lowest BCUT2D eigenvalue weighted by Crippen LogP contribution is -2.04. The molecule has 29 heavy (non-hydrogen) atoms. The smallest absolute Gasteiger partial charge is 0.356 e. The molecule has 4 aromatic rings. The molecular formula is C21H13Cl2FN2O2S. The Labute approximate surface area is 179 Å². The molecule has 1 N–H and O–H groups in total. The molecule has 0 fully saturated rings. The van der Waals surface area contributed by atoms with Gasteiger partial charge >= 0.3 is 5.97 Å². The van der Waals surface area contributed by atoms with E-state index in [-0.39, 0.29) is 10.7 Å². The number of carbonyl (C=O) groups is 1. The Kier molecular flexibility index (Phi) is 5.17. The normalized spacial score (nSPS) is 11.0. The number of imidazole rings is 1. The highest BCUT2D eigenvalue weighted by atomic mass is 35.5. The van der Waals surface area contributed by atoms with Crippen LogP contribution in [-0.2, 0) is 0 Å². The molecule has 2 aromatic carbocycles. The molecule has 0 saturated heterocycles. The van der Waals surface area contributed by atoms with Crippen molar-refractivity contribution in [3.8, 4) is 28.3 Å². The fraction of sp³-hybridized carbons (Fsp3) is 0.0476. The van der Waals surface area contributed by atoms with Gasteiger partial charge in [-0.2, -0.15) is 11.3 Å². The van der Waals surface area contributed by atoms with Gasteiger partial charge in [0.2, 0.25) is 0 Å². The molecule has 0 unspecified atom stereocenters. The highest BCUT2D eigenvalue weighted by Crippen LogP contribution is 2.37. The van der Waals surface area contributed by atoms with Gasteiger partial charge in [-0.3, -0.25) is 4.57 Å². The predicted octanol–water partition coefficient (Wildman–Crippen LogP) is 6.72. The second-order valence-electron chi connectivity index (χ2n) is 6.34. The minimum Gasteiger partial charge on any atom is -0.476 e. The largest absolute Gasteiger partial charge is 0.476 e. The second kappa shape index (κ2) is 7.63. The molecule has 0 aliphatic carbocycles. The maximum atomic E-state index is 13.8. The summed E-state index contributed by atoms with van der Waals surface area (Å²) < 4.78 is 15.5. The number of aromatic carboxylic acids is 1. The fourth-order valence-electron chi connectivity index (χ4n) is 3.12. The average Bonchev–Trinajstić information content (AvgIpc) is 3.33. The minimum atomic E-state index is -1.20. The molecular weight excluding hydrogens is 434 g/mol. The number of aryl methyl sites for hydroxylation is 1. The molecule has 0 bridgehead atoms. The summed E-state index contributed by atoms with van der Waals surface area (Å²) in [6, 6.07) is 11.3. The third-order valence-corrected chi connectivity index (χ3v) is 5.67. The van der Waals surface area contributed by atoms with Crippen molar-refractivity contribution in [3.63, 3.8) is 0 Å². The topological polar surface area (TPSA) is 55.1 Å². The van der Waals surface area contributed by atoms with E-state index in [4.69, 9.17) is 23.2 Å². The summed E-state index contributed by atoms with van der Waals surface area (Å²) in [5.41, 5.74) is 2.88. The van der Waals surface area contributed by atoms with Gasteiger partial charge in [-0.1, -0.05) is 29.3 Å². The SMILES string of the molecule is Cc1ccc(Cl)cc1-n1c(-c2ccsc2)nc(C(=O)O)c1-c1ccc(F)c(Cl)c1. The first-order valence-electron chi connectivity index (χ1n) is 8.47. The van der Waals surface area contributed by atoms with Crippen LogP contribution in [0.5, 0.6) is 0 Å². The molecule has 2 aromatic heterocycles. The van der Waals surface area contributed by atoms with Gasteiger partial charge < -0.3 is 5.11 Å². The number of benzene rings is 2. The van der Waals surface area contributed by atoms with E-state index in [1.807, 2.05) is 29.8 Å². The highest BCUT2D eigenvalue weighted by molar-refractivity contribution is 7.08. The highest BCUT2D eigenvalue weighted by Gasteiger charge is 2.26. The van der Waals surface area contributed by atoms with Crippen LogP contribution in [-0.4, -0.2) is 20.6 Å². The zero-order chi connectivity index (χ0) is 20.7. The van der Waals surface area contributed by atoms with Crippen molar-refractivity contribution in [2.75, 3.05) is 0 Å². The van der Waals surface area contributed by atoms with Gasteiger partial charge in [-0.15, -0.1) is 0 Å². The van der Waals surface area contributed by atoms with Crippen molar-refractivity contribution in [3.05, 3.63) is 80.3 Å². The number of aromatic nitrogens is 2. The van der Waals surface area contributed by atoms with E-state index in [1.54, 1.807) is 16.7 Å². The van der Waals surface area contributed by atoms with Gasteiger partial charge in [0.15, 0.2) is 5.69 Å². The molecule has 0 radical (unpaired) electrons. The van der Waals surface area contributed by atoms with Gasteiger partial charge in [0.05, 0.1) is 16.4 Å². The van der Waals surface area contributed by atoms with Crippen LogP contribution in [0.25, 0.3) is 28.3 Å². The van der Waals surface area contributed by atoms with Gasteiger partial charge in [0.1, 0.15) is 11.6 Å². The number of nitrogens with zero attached hydrogens (tertiary/aromatic N) is 2. The second-order valence-corrected chi connectivity index (χ2v) is 7.97. The Bertz CT molecular complexity index is 1240. The first-order chi connectivity index (χ1) is 13.9. The third kappa shape index (κ3) is 3.55. The Balaban J connectivity index is 2.14. The lowest BCUT2D eigenvalue weighted by molar-refractivity contribution is 0.0692. The van der Waals surface area contributed by atoms with E-state index >= 15 is 0 Å². The Morgan fingerprint density at radius 3 is 2.59 bits per heavy atom. The maximum absolute atomic E-state index is 13.8. The van der Waals surface area contributed by atoms with Crippen molar-refractivity contribution in [2.45, 2.75) is 6.92 Å². The maximum Gasteiger partial charge on any atom is 0.356 e. The van der Waals surface area contributed by atoms with E-state index in [1.165, 1.54) is 29.5 Å². The molecule has 0 aliphatic heterocycles. The van der Waals surface area contributed by atoms with Crippen molar-refractivity contribution in [1.29, 1.82) is 0 Å². The molecule has 146 valence electrons. The molecule has 4 nitrogen and oxygen atoms in total. The number of carboxylic acids is 1. The van der Waals surface area contributed by atoms with Gasteiger partial charge in [-0.25, -0.2) is 14.2 Å².